The summed E-state index contributed by atoms with van der Waals surface area (Å²) < 4.78 is 1.61. The highest BCUT2D eigenvalue weighted by Crippen LogP contribution is 2.29. The van der Waals surface area contributed by atoms with Gasteiger partial charge >= 0.3 is 0 Å². The molecule has 0 saturated carbocycles. The second kappa shape index (κ2) is 11.1. The first-order valence-electron chi connectivity index (χ1n) is 11.0. The molecule has 2 heterocycles. The van der Waals surface area contributed by atoms with Gasteiger partial charge in [-0.3, -0.25) is 9.59 Å². The zero-order valence-corrected chi connectivity index (χ0v) is 21.6. The summed E-state index contributed by atoms with van der Waals surface area (Å²) in [4.78, 5) is 28.5. The molecule has 9 heteroatoms. The third-order valence-electron chi connectivity index (χ3n) is 5.36. The van der Waals surface area contributed by atoms with Gasteiger partial charge in [-0.05, 0) is 43.5 Å². The van der Waals surface area contributed by atoms with Crippen molar-refractivity contribution in [1.82, 2.24) is 14.7 Å². The van der Waals surface area contributed by atoms with Crippen molar-refractivity contribution >= 4 is 52.2 Å². The lowest BCUT2D eigenvalue weighted by molar-refractivity contribution is -0.135. The molecule has 35 heavy (non-hydrogen) atoms. The first kappa shape index (κ1) is 25.0. The van der Waals surface area contributed by atoms with E-state index in [-0.39, 0.29) is 30.8 Å². The lowest BCUT2D eigenvalue weighted by Gasteiger charge is -2.26. The van der Waals surface area contributed by atoms with Crippen LogP contribution < -0.4 is 5.32 Å². The molecule has 0 bridgehead atoms. The number of nitrogens with one attached hydrogen (secondary N) is 1. The van der Waals surface area contributed by atoms with Crippen molar-refractivity contribution in [2.24, 2.45) is 0 Å². The summed E-state index contributed by atoms with van der Waals surface area (Å²) in [5.41, 5.74) is 2.23. The van der Waals surface area contributed by atoms with E-state index in [4.69, 9.17) is 28.3 Å². The van der Waals surface area contributed by atoms with Crippen molar-refractivity contribution in [2.75, 3.05) is 11.9 Å². The summed E-state index contributed by atoms with van der Waals surface area (Å²) in [7, 11) is 0. The Kier molecular flexibility index (Phi) is 7.90. The highest BCUT2D eigenvalue weighted by molar-refractivity contribution is 7.10. The molecular weight excluding hydrogens is 503 g/mol. The number of hydrogen-bond acceptors (Lipinski definition) is 4. The Labute approximate surface area is 218 Å². The standard InChI is InChI=1S/C26H24Cl2N4O2S/c1-17(2)31(26(34)14-20-9-6-12-35-20)16-25(33)29-24-15-23(18-7-4-3-5-8-18)30-32(24)19-10-11-21(27)22(28)13-19/h3-13,15,17H,14,16H2,1-2H3,(H,29,33). The Morgan fingerprint density at radius 1 is 1.03 bits per heavy atom. The number of amides is 2. The Hall–Kier alpha value is -3.13. The third kappa shape index (κ3) is 6.11. The van der Waals surface area contributed by atoms with E-state index in [1.54, 1.807) is 33.8 Å². The number of halogens is 2. The third-order valence-corrected chi connectivity index (χ3v) is 6.97. The van der Waals surface area contributed by atoms with Crippen molar-refractivity contribution in [3.63, 3.8) is 0 Å². The molecule has 0 aliphatic carbocycles. The van der Waals surface area contributed by atoms with Crippen LogP contribution in [0.25, 0.3) is 16.9 Å². The van der Waals surface area contributed by atoms with Crippen LogP contribution in [0.15, 0.2) is 72.1 Å². The van der Waals surface area contributed by atoms with Crippen LogP contribution in [0.1, 0.15) is 18.7 Å². The fourth-order valence-electron chi connectivity index (χ4n) is 3.59. The second-order valence-electron chi connectivity index (χ2n) is 8.21. The van der Waals surface area contributed by atoms with Crippen LogP contribution in [-0.4, -0.2) is 39.1 Å². The molecule has 0 aliphatic rings. The number of rotatable bonds is 8. The van der Waals surface area contributed by atoms with Gasteiger partial charge < -0.3 is 10.2 Å². The van der Waals surface area contributed by atoms with Crippen LogP contribution in [0, 0.1) is 0 Å². The van der Waals surface area contributed by atoms with Gasteiger partial charge in [0.2, 0.25) is 11.8 Å². The van der Waals surface area contributed by atoms with Crippen molar-refractivity contribution in [3.05, 3.63) is 87.0 Å². The maximum Gasteiger partial charge on any atom is 0.245 e. The average Bonchev–Trinajstić information content (AvgIpc) is 3.50. The second-order valence-corrected chi connectivity index (χ2v) is 10.1. The first-order valence-corrected chi connectivity index (χ1v) is 12.7. The molecule has 2 aromatic heterocycles. The molecular formula is C26H24Cl2N4O2S. The number of anilines is 1. The molecule has 2 amide bonds. The molecule has 6 nitrogen and oxygen atoms in total. The fourth-order valence-corrected chi connectivity index (χ4v) is 4.58. The molecule has 4 rings (SSSR count). The summed E-state index contributed by atoms with van der Waals surface area (Å²) in [5.74, 6) is 0.0428. The summed E-state index contributed by atoms with van der Waals surface area (Å²) in [6, 6.07) is 20.3. The maximum atomic E-state index is 13.1. The lowest BCUT2D eigenvalue weighted by atomic mass is 10.1. The molecule has 0 unspecified atom stereocenters. The number of carbonyl (C=O) groups excluding carboxylic acids is 2. The van der Waals surface area contributed by atoms with Crippen LogP contribution in [0.2, 0.25) is 10.0 Å². The molecule has 180 valence electrons. The Morgan fingerprint density at radius 3 is 2.46 bits per heavy atom. The smallest absolute Gasteiger partial charge is 0.245 e. The van der Waals surface area contributed by atoms with Gasteiger partial charge in [0.25, 0.3) is 0 Å². The van der Waals surface area contributed by atoms with Gasteiger partial charge in [0.1, 0.15) is 12.4 Å². The van der Waals surface area contributed by atoms with Gasteiger partial charge in [-0.25, -0.2) is 4.68 Å². The van der Waals surface area contributed by atoms with Gasteiger partial charge in [0, 0.05) is 22.5 Å². The van der Waals surface area contributed by atoms with E-state index in [2.05, 4.69) is 5.32 Å². The number of carbonyl (C=O) groups is 2. The van der Waals surface area contributed by atoms with Crippen molar-refractivity contribution in [2.45, 2.75) is 26.3 Å². The van der Waals surface area contributed by atoms with Crippen LogP contribution in [0.5, 0.6) is 0 Å². The van der Waals surface area contributed by atoms with Gasteiger partial charge in [0.15, 0.2) is 0 Å². The SMILES string of the molecule is CC(C)N(CC(=O)Nc1cc(-c2ccccc2)nn1-c1ccc(Cl)c(Cl)c1)C(=O)Cc1cccs1. The van der Waals surface area contributed by atoms with Crippen LogP contribution >= 0.6 is 34.5 Å². The van der Waals surface area contributed by atoms with Crippen LogP contribution in [-0.2, 0) is 16.0 Å². The van der Waals surface area contributed by atoms with E-state index in [9.17, 15) is 9.59 Å². The maximum absolute atomic E-state index is 13.1. The Bertz CT molecular complexity index is 1320. The predicted molar refractivity (Wildman–Crippen MR) is 143 cm³/mol. The molecule has 0 aliphatic heterocycles. The van der Waals surface area contributed by atoms with Crippen molar-refractivity contribution < 1.29 is 9.59 Å². The van der Waals surface area contributed by atoms with Crippen LogP contribution in [0.4, 0.5) is 5.82 Å². The van der Waals surface area contributed by atoms with E-state index >= 15 is 0 Å². The zero-order chi connectivity index (χ0) is 24.9. The summed E-state index contributed by atoms with van der Waals surface area (Å²) in [5, 5.41) is 10.4. The molecule has 0 fully saturated rings. The molecule has 0 spiro atoms. The average molecular weight is 527 g/mol. The van der Waals surface area contributed by atoms with E-state index in [1.807, 2.05) is 61.7 Å². The van der Waals surface area contributed by atoms with Gasteiger partial charge in [0.05, 0.1) is 27.8 Å². The van der Waals surface area contributed by atoms with Gasteiger partial charge in [-0.15, -0.1) is 11.3 Å². The predicted octanol–water partition coefficient (Wildman–Crippen LogP) is 6.33. The van der Waals surface area contributed by atoms with E-state index in [0.717, 1.165) is 10.4 Å². The van der Waals surface area contributed by atoms with Gasteiger partial charge in [-0.2, -0.15) is 5.10 Å². The number of thiophene rings is 1. The topological polar surface area (TPSA) is 67.2 Å². The van der Waals surface area contributed by atoms with Crippen molar-refractivity contribution in [3.8, 4) is 16.9 Å². The molecule has 4 aromatic rings. The molecule has 2 aromatic carbocycles. The minimum absolute atomic E-state index is 0.0743. The minimum Gasteiger partial charge on any atom is -0.331 e. The molecule has 0 radical (unpaired) electrons. The minimum atomic E-state index is -0.320. The van der Waals surface area contributed by atoms with E-state index in [1.165, 1.54) is 11.3 Å². The first-order chi connectivity index (χ1) is 16.8. The molecule has 0 saturated heterocycles. The summed E-state index contributed by atoms with van der Waals surface area (Å²) >= 11 is 13.9. The van der Waals surface area contributed by atoms with Gasteiger partial charge in [-0.1, -0.05) is 59.6 Å². The number of hydrogen-bond donors (Lipinski definition) is 1. The van der Waals surface area contributed by atoms with Crippen LogP contribution in [0.3, 0.4) is 0 Å². The van der Waals surface area contributed by atoms with E-state index < -0.39 is 0 Å². The largest absolute Gasteiger partial charge is 0.331 e. The zero-order valence-electron chi connectivity index (χ0n) is 19.2. The van der Waals surface area contributed by atoms with Crippen molar-refractivity contribution in [1.29, 1.82) is 0 Å². The summed E-state index contributed by atoms with van der Waals surface area (Å²) in [6.07, 6.45) is 0.266. The molecule has 0 atom stereocenters. The quantitative estimate of drug-likeness (QED) is 0.291. The monoisotopic (exact) mass is 526 g/mol. The summed E-state index contributed by atoms with van der Waals surface area (Å²) in [6.45, 7) is 3.72. The lowest BCUT2D eigenvalue weighted by Crippen LogP contribution is -2.43. The number of nitrogens with zero attached hydrogens (tertiary/aromatic N) is 3. The normalized spacial score (nSPS) is 11.0. The Balaban J connectivity index is 1.60. The molecule has 1 N–H and O–H groups in total. The van der Waals surface area contributed by atoms with E-state index in [0.29, 0.717) is 27.2 Å². The Morgan fingerprint density at radius 2 is 1.80 bits per heavy atom. The fraction of sp³-hybridized carbons (Fsp3) is 0.192. The number of benzene rings is 2. The number of aromatic nitrogens is 2. The highest BCUT2D eigenvalue weighted by Gasteiger charge is 2.22. The highest BCUT2D eigenvalue weighted by atomic mass is 35.5.